The van der Waals surface area contributed by atoms with Gasteiger partial charge in [0.2, 0.25) is 11.8 Å². The van der Waals surface area contributed by atoms with Crippen molar-refractivity contribution in [1.29, 1.82) is 0 Å². The maximum Gasteiger partial charge on any atom is 0.343 e. The molecule has 10 heteroatoms. The predicted molar refractivity (Wildman–Crippen MR) is 113 cm³/mol. The van der Waals surface area contributed by atoms with Crippen molar-refractivity contribution in [3.8, 4) is 11.5 Å². The van der Waals surface area contributed by atoms with Crippen molar-refractivity contribution >= 4 is 34.7 Å². The van der Waals surface area contributed by atoms with Crippen molar-refractivity contribution in [2.75, 3.05) is 6.61 Å². The number of hydrogen-bond donors (Lipinski definition) is 1. The van der Waals surface area contributed by atoms with Gasteiger partial charge in [-0.15, -0.1) is 5.10 Å². The van der Waals surface area contributed by atoms with Gasteiger partial charge in [-0.25, -0.2) is 14.2 Å². The van der Waals surface area contributed by atoms with Gasteiger partial charge < -0.3 is 14.8 Å². The fourth-order valence-corrected chi connectivity index (χ4v) is 3.88. The van der Waals surface area contributed by atoms with Crippen molar-refractivity contribution in [3.63, 3.8) is 0 Å². The van der Waals surface area contributed by atoms with Crippen molar-refractivity contribution in [1.82, 2.24) is 10.3 Å². The highest BCUT2D eigenvalue weighted by Crippen LogP contribution is 2.41. The molecule has 2 aromatic rings. The molecule has 31 heavy (non-hydrogen) atoms. The van der Waals surface area contributed by atoms with Crippen LogP contribution in [-0.4, -0.2) is 34.6 Å². The Morgan fingerprint density at radius 1 is 1.13 bits per heavy atom. The number of esters is 1. The summed E-state index contributed by atoms with van der Waals surface area (Å²) >= 11 is 1.20. The van der Waals surface area contributed by atoms with Crippen LogP contribution in [0.1, 0.15) is 42.1 Å². The second-order valence-corrected chi connectivity index (χ2v) is 7.52. The van der Waals surface area contributed by atoms with E-state index in [1.54, 1.807) is 25.1 Å². The third-order valence-electron chi connectivity index (χ3n) is 4.08. The molecule has 0 aromatic heterocycles. The van der Waals surface area contributed by atoms with Gasteiger partial charge in [-0.05, 0) is 48.9 Å². The normalized spacial score (nSPS) is 15.3. The predicted octanol–water partition coefficient (Wildman–Crippen LogP) is 3.44. The summed E-state index contributed by atoms with van der Waals surface area (Å²) in [6.07, 6.45) is 0. The zero-order valence-electron chi connectivity index (χ0n) is 17.0. The Balaban J connectivity index is 1.86. The molecule has 0 aliphatic carbocycles. The molecule has 162 valence electrons. The maximum absolute atomic E-state index is 13.1. The van der Waals surface area contributed by atoms with Gasteiger partial charge in [0, 0.05) is 13.8 Å². The van der Waals surface area contributed by atoms with E-state index in [0.717, 1.165) is 0 Å². The van der Waals surface area contributed by atoms with E-state index in [9.17, 15) is 18.8 Å². The lowest BCUT2D eigenvalue weighted by Crippen LogP contribution is -2.25. The van der Waals surface area contributed by atoms with E-state index in [4.69, 9.17) is 9.47 Å². The quantitative estimate of drug-likeness (QED) is 0.559. The van der Waals surface area contributed by atoms with E-state index in [2.05, 4.69) is 10.4 Å². The molecular formula is C21H20FN3O5S. The van der Waals surface area contributed by atoms with E-state index >= 15 is 0 Å². The Hall–Kier alpha value is -3.40. The summed E-state index contributed by atoms with van der Waals surface area (Å²) in [5, 5.41) is 7.76. The number of ether oxygens (including phenoxy) is 2. The molecular weight excluding hydrogens is 425 g/mol. The van der Waals surface area contributed by atoms with Gasteiger partial charge in [0.05, 0.1) is 12.2 Å². The number of thioether (sulfide) groups is 1. The van der Waals surface area contributed by atoms with Crippen molar-refractivity contribution in [2.45, 2.75) is 26.1 Å². The van der Waals surface area contributed by atoms with Gasteiger partial charge in [-0.1, -0.05) is 17.8 Å². The number of halogens is 1. The molecule has 0 fully saturated rings. The first-order chi connectivity index (χ1) is 14.8. The number of nitrogens with zero attached hydrogens (tertiary/aromatic N) is 2. The molecule has 8 nitrogen and oxygen atoms in total. The number of rotatable bonds is 5. The molecule has 1 heterocycles. The average molecular weight is 445 g/mol. The summed E-state index contributed by atoms with van der Waals surface area (Å²) in [7, 11) is 0. The van der Waals surface area contributed by atoms with Gasteiger partial charge in [0.25, 0.3) is 0 Å². The Labute approximate surface area is 182 Å². The lowest BCUT2D eigenvalue weighted by molar-refractivity contribution is -0.129. The highest BCUT2D eigenvalue weighted by Gasteiger charge is 2.33. The van der Waals surface area contributed by atoms with E-state index in [1.807, 2.05) is 0 Å². The van der Waals surface area contributed by atoms with Crippen LogP contribution >= 0.6 is 11.8 Å². The number of amidine groups is 1. The number of carbonyl (C=O) groups excluding carboxylic acids is 3. The summed E-state index contributed by atoms with van der Waals surface area (Å²) in [5.41, 5.74) is 0.852. The third-order valence-corrected chi connectivity index (χ3v) is 5.19. The maximum atomic E-state index is 13.1. The smallest absolute Gasteiger partial charge is 0.343 e. The van der Waals surface area contributed by atoms with Gasteiger partial charge >= 0.3 is 5.97 Å². The highest BCUT2D eigenvalue weighted by molar-refractivity contribution is 8.14. The van der Waals surface area contributed by atoms with Crippen molar-refractivity contribution in [3.05, 3.63) is 59.4 Å². The summed E-state index contributed by atoms with van der Waals surface area (Å²) in [6, 6.07) is 9.87. The highest BCUT2D eigenvalue weighted by atomic mass is 32.2. The number of amides is 2. The molecule has 0 saturated carbocycles. The van der Waals surface area contributed by atoms with Gasteiger partial charge in [0.1, 0.15) is 11.2 Å². The average Bonchev–Trinajstić information content (AvgIpc) is 3.13. The Morgan fingerprint density at radius 3 is 2.45 bits per heavy atom. The van der Waals surface area contributed by atoms with Crippen molar-refractivity contribution < 1.29 is 28.2 Å². The van der Waals surface area contributed by atoms with E-state index < -0.39 is 17.2 Å². The standard InChI is InChI=1S/C21H20FN3O5S/c1-4-29-18-11-15(19-25(13(3)27)24-21(31-19)23-12(2)26)7-10-17(18)30-20(28)14-5-8-16(22)9-6-14/h5-11,19H,4H2,1-3H3,(H,23,24,26). The molecule has 2 aromatic carbocycles. The lowest BCUT2D eigenvalue weighted by atomic mass is 10.2. The van der Waals surface area contributed by atoms with Crippen molar-refractivity contribution in [2.24, 2.45) is 5.10 Å². The van der Waals surface area contributed by atoms with Crippen LogP contribution in [-0.2, 0) is 9.59 Å². The van der Waals surface area contributed by atoms with Gasteiger partial charge in [0.15, 0.2) is 16.7 Å². The number of nitrogens with one attached hydrogen (secondary N) is 1. The summed E-state index contributed by atoms with van der Waals surface area (Å²) in [5.74, 6) is -1.24. The van der Waals surface area contributed by atoms with E-state index in [1.165, 1.54) is 54.9 Å². The number of carbonyl (C=O) groups is 3. The van der Waals surface area contributed by atoms with Crippen LogP contribution in [0.2, 0.25) is 0 Å². The first kappa shape index (κ1) is 22.3. The monoisotopic (exact) mass is 445 g/mol. The van der Waals surface area contributed by atoms with Crippen LogP contribution in [0.4, 0.5) is 4.39 Å². The Kier molecular flexibility index (Phi) is 6.91. The van der Waals surface area contributed by atoms with Crippen LogP contribution in [0.25, 0.3) is 0 Å². The fraction of sp³-hybridized carbons (Fsp3) is 0.238. The molecule has 0 saturated heterocycles. The van der Waals surface area contributed by atoms with Gasteiger partial charge in [-0.2, -0.15) is 0 Å². The molecule has 1 atom stereocenters. The third kappa shape index (κ3) is 5.40. The number of hydrazone groups is 1. The molecule has 1 N–H and O–H groups in total. The SMILES string of the molecule is CCOc1cc(C2SC(NC(C)=O)=NN2C(C)=O)ccc1OC(=O)c1ccc(F)cc1. The first-order valence-electron chi connectivity index (χ1n) is 9.35. The Bertz CT molecular complexity index is 1040. The molecule has 0 bridgehead atoms. The van der Waals surface area contributed by atoms with Crippen LogP contribution < -0.4 is 14.8 Å². The minimum Gasteiger partial charge on any atom is -0.490 e. The topological polar surface area (TPSA) is 97.3 Å². The molecule has 1 unspecified atom stereocenters. The molecule has 1 aliphatic rings. The van der Waals surface area contributed by atoms with E-state index in [-0.39, 0.29) is 23.1 Å². The zero-order valence-corrected chi connectivity index (χ0v) is 17.9. The molecule has 0 radical (unpaired) electrons. The minimum absolute atomic E-state index is 0.181. The Morgan fingerprint density at radius 2 is 1.84 bits per heavy atom. The van der Waals surface area contributed by atoms with E-state index in [0.29, 0.717) is 23.1 Å². The second kappa shape index (κ2) is 9.61. The van der Waals surface area contributed by atoms with Crippen LogP contribution in [0.5, 0.6) is 11.5 Å². The second-order valence-electron chi connectivity index (χ2n) is 6.46. The first-order valence-corrected chi connectivity index (χ1v) is 10.2. The zero-order chi connectivity index (χ0) is 22.5. The molecule has 1 aliphatic heterocycles. The molecule has 0 spiro atoms. The lowest BCUT2D eigenvalue weighted by Gasteiger charge is -2.20. The summed E-state index contributed by atoms with van der Waals surface area (Å²) in [4.78, 5) is 35.8. The number of benzene rings is 2. The summed E-state index contributed by atoms with van der Waals surface area (Å²) < 4.78 is 24.1. The largest absolute Gasteiger partial charge is 0.490 e. The summed E-state index contributed by atoms with van der Waals surface area (Å²) in [6.45, 7) is 4.82. The molecule has 2 amide bonds. The minimum atomic E-state index is -0.661. The molecule has 3 rings (SSSR count). The number of hydrogen-bond acceptors (Lipinski definition) is 7. The van der Waals surface area contributed by atoms with Crippen LogP contribution in [0, 0.1) is 5.82 Å². The van der Waals surface area contributed by atoms with Gasteiger partial charge in [-0.3, -0.25) is 9.59 Å². The van der Waals surface area contributed by atoms with Crippen LogP contribution in [0.15, 0.2) is 47.6 Å². The van der Waals surface area contributed by atoms with Crippen LogP contribution in [0.3, 0.4) is 0 Å². The fourth-order valence-electron chi connectivity index (χ4n) is 2.75.